The number of aromatic nitrogens is 1. The van der Waals surface area contributed by atoms with Gasteiger partial charge in [-0.1, -0.05) is 11.6 Å². The van der Waals surface area contributed by atoms with Crippen LogP contribution in [-0.4, -0.2) is 50.4 Å². The van der Waals surface area contributed by atoms with E-state index in [2.05, 4.69) is 15.0 Å². The van der Waals surface area contributed by atoms with Crippen molar-refractivity contribution in [1.29, 1.82) is 0 Å². The van der Waals surface area contributed by atoms with Crippen molar-refractivity contribution >= 4 is 43.8 Å². The Labute approximate surface area is 169 Å². The third-order valence-corrected chi connectivity index (χ3v) is 6.94. The molecule has 2 atom stereocenters. The molecule has 0 amide bonds. The van der Waals surface area contributed by atoms with E-state index in [-0.39, 0.29) is 22.3 Å². The molecule has 1 unspecified atom stereocenters. The summed E-state index contributed by atoms with van der Waals surface area (Å²) in [6, 6.07) is 0.705. The van der Waals surface area contributed by atoms with Crippen molar-refractivity contribution in [1.82, 2.24) is 9.88 Å². The van der Waals surface area contributed by atoms with Crippen molar-refractivity contribution in [2.75, 3.05) is 24.1 Å². The molecule has 2 aromatic rings. The van der Waals surface area contributed by atoms with Crippen molar-refractivity contribution < 1.29 is 21.6 Å². The molecule has 0 bridgehead atoms. The van der Waals surface area contributed by atoms with E-state index in [0.717, 1.165) is 23.5 Å². The minimum absolute atomic E-state index is 0.0573. The molecular formula is C16H18ClF3N4O2S2. The second-order valence-corrected chi connectivity index (χ2v) is 9.70. The van der Waals surface area contributed by atoms with Gasteiger partial charge in [0.15, 0.2) is 5.13 Å². The number of rotatable bonds is 6. The zero-order valence-electron chi connectivity index (χ0n) is 14.9. The molecule has 3 rings (SSSR count). The van der Waals surface area contributed by atoms with Crippen molar-refractivity contribution in [3.05, 3.63) is 34.5 Å². The van der Waals surface area contributed by atoms with Gasteiger partial charge in [0.2, 0.25) is 0 Å². The van der Waals surface area contributed by atoms with Gasteiger partial charge in [0.05, 0.1) is 10.7 Å². The van der Waals surface area contributed by atoms with Crippen LogP contribution in [0.4, 0.5) is 24.0 Å². The minimum Gasteiger partial charge on any atom is -0.379 e. The number of alkyl halides is 2. The SMILES string of the molecule is CN(C)C1CC(F)(F)C[C@H]1Nc1cc(F)c(S(=O)(=O)Nc2nccs2)cc1Cl. The minimum atomic E-state index is -4.24. The van der Waals surface area contributed by atoms with Crippen LogP contribution in [0.5, 0.6) is 0 Å². The van der Waals surface area contributed by atoms with Gasteiger partial charge < -0.3 is 10.2 Å². The van der Waals surface area contributed by atoms with Crippen LogP contribution in [-0.2, 0) is 10.0 Å². The Bertz CT molecular complexity index is 955. The highest BCUT2D eigenvalue weighted by Gasteiger charge is 2.47. The summed E-state index contributed by atoms with van der Waals surface area (Å²) >= 11 is 7.17. The lowest BCUT2D eigenvalue weighted by molar-refractivity contribution is 0.00282. The number of hydrogen-bond acceptors (Lipinski definition) is 6. The van der Waals surface area contributed by atoms with Gasteiger partial charge in [0.1, 0.15) is 10.7 Å². The fraction of sp³-hybridized carbons (Fsp3) is 0.438. The molecule has 0 spiro atoms. The summed E-state index contributed by atoms with van der Waals surface area (Å²) < 4.78 is 69.1. The first-order chi connectivity index (χ1) is 13.0. The number of halogens is 4. The van der Waals surface area contributed by atoms with Crippen LogP contribution >= 0.6 is 22.9 Å². The van der Waals surface area contributed by atoms with Gasteiger partial charge in [0.25, 0.3) is 15.9 Å². The molecule has 1 heterocycles. The number of benzene rings is 1. The fourth-order valence-electron chi connectivity index (χ4n) is 3.17. The summed E-state index contributed by atoms with van der Waals surface area (Å²) in [7, 11) is -0.874. The zero-order valence-corrected chi connectivity index (χ0v) is 17.3. The van der Waals surface area contributed by atoms with Crippen LogP contribution in [0.3, 0.4) is 0 Å². The van der Waals surface area contributed by atoms with E-state index in [1.54, 1.807) is 24.4 Å². The van der Waals surface area contributed by atoms with Gasteiger partial charge in [-0.3, -0.25) is 4.72 Å². The average Bonchev–Trinajstić information content (AvgIpc) is 3.17. The molecular weight excluding hydrogens is 437 g/mol. The second-order valence-electron chi connectivity index (χ2n) is 6.75. The Balaban J connectivity index is 1.86. The van der Waals surface area contributed by atoms with Gasteiger partial charge in [-0.15, -0.1) is 11.3 Å². The Kier molecular flexibility index (Phi) is 5.81. The predicted molar refractivity (Wildman–Crippen MR) is 103 cm³/mol. The van der Waals surface area contributed by atoms with Crippen LogP contribution in [0.1, 0.15) is 12.8 Å². The van der Waals surface area contributed by atoms with Crippen LogP contribution in [0.2, 0.25) is 5.02 Å². The molecule has 154 valence electrons. The number of sulfonamides is 1. The quantitative estimate of drug-likeness (QED) is 0.693. The van der Waals surface area contributed by atoms with Gasteiger partial charge in [-0.2, -0.15) is 0 Å². The third-order valence-electron chi connectivity index (χ3n) is 4.46. The monoisotopic (exact) mass is 454 g/mol. The molecule has 1 saturated carbocycles. The van der Waals surface area contributed by atoms with Crippen LogP contribution in [0, 0.1) is 5.82 Å². The predicted octanol–water partition coefficient (Wildman–Crippen LogP) is 3.88. The Morgan fingerprint density at radius 1 is 1.32 bits per heavy atom. The maximum absolute atomic E-state index is 14.5. The molecule has 1 aromatic carbocycles. The first-order valence-corrected chi connectivity index (χ1v) is 10.9. The fourth-order valence-corrected chi connectivity index (χ4v) is 5.33. The number of thiazole rings is 1. The van der Waals surface area contributed by atoms with E-state index in [1.807, 2.05) is 0 Å². The van der Waals surface area contributed by atoms with Gasteiger partial charge in [-0.25, -0.2) is 26.6 Å². The highest BCUT2D eigenvalue weighted by Crippen LogP contribution is 2.40. The summed E-state index contributed by atoms with van der Waals surface area (Å²) in [5.41, 5.74) is 0.0573. The van der Waals surface area contributed by atoms with E-state index in [9.17, 15) is 21.6 Å². The summed E-state index contributed by atoms with van der Waals surface area (Å²) in [5, 5.41) is 4.40. The smallest absolute Gasteiger partial charge is 0.266 e. The first kappa shape index (κ1) is 21.2. The molecule has 6 nitrogen and oxygen atoms in total. The maximum atomic E-state index is 14.5. The lowest BCUT2D eigenvalue weighted by Crippen LogP contribution is -2.39. The molecule has 1 aliphatic carbocycles. The van der Waals surface area contributed by atoms with Crippen LogP contribution < -0.4 is 10.0 Å². The molecule has 12 heteroatoms. The average molecular weight is 455 g/mol. The molecule has 1 aliphatic rings. The van der Waals surface area contributed by atoms with E-state index in [1.165, 1.54) is 6.20 Å². The van der Waals surface area contributed by atoms with E-state index in [0.29, 0.717) is 0 Å². The third kappa shape index (κ3) is 4.53. The molecule has 2 N–H and O–H groups in total. The van der Waals surface area contributed by atoms with E-state index < -0.39 is 45.2 Å². The zero-order chi connectivity index (χ0) is 20.7. The molecule has 1 aromatic heterocycles. The van der Waals surface area contributed by atoms with Crippen molar-refractivity contribution in [2.45, 2.75) is 35.7 Å². The summed E-state index contributed by atoms with van der Waals surface area (Å²) in [5.74, 6) is -3.90. The number of hydrogen-bond donors (Lipinski definition) is 2. The highest BCUT2D eigenvalue weighted by atomic mass is 35.5. The number of likely N-dealkylation sites (N-methyl/N-ethyl adjacent to an activating group) is 1. The molecule has 0 aliphatic heterocycles. The normalized spacial score (nSPS) is 21.8. The van der Waals surface area contributed by atoms with Crippen molar-refractivity contribution in [2.24, 2.45) is 0 Å². The van der Waals surface area contributed by atoms with Crippen LogP contribution in [0.25, 0.3) is 0 Å². The largest absolute Gasteiger partial charge is 0.379 e. The topological polar surface area (TPSA) is 74.3 Å². The summed E-state index contributed by atoms with van der Waals surface area (Å²) in [4.78, 5) is 4.80. The number of nitrogens with zero attached hydrogens (tertiary/aromatic N) is 2. The lowest BCUT2D eigenvalue weighted by Gasteiger charge is -2.27. The molecule has 28 heavy (non-hydrogen) atoms. The van der Waals surface area contributed by atoms with E-state index >= 15 is 0 Å². The standard InChI is InChI=1S/C16H18ClF3N4O2S2/c1-24(2)13-8-16(19,20)7-12(13)22-11-6-10(18)14(5-9(11)17)28(25,26)23-15-21-3-4-27-15/h3-6,12-13,22H,7-8H2,1-2H3,(H,21,23)/t12-,13?/m1/s1. The highest BCUT2D eigenvalue weighted by molar-refractivity contribution is 7.93. The van der Waals surface area contributed by atoms with Gasteiger partial charge in [-0.05, 0) is 26.2 Å². The summed E-state index contributed by atoms with van der Waals surface area (Å²) in [6.45, 7) is 0. The molecule has 0 radical (unpaired) electrons. The number of nitrogens with one attached hydrogen (secondary N) is 2. The van der Waals surface area contributed by atoms with Gasteiger partial charge >= 0.3 is 0 Å². The van der Waals surface area contributed by atoms with Crippen molar-refractivity contribution in [3.63, 3.8) is 0 Å². The van der Waals surface area contributed by atoms with Crippen molar-refractivity contribution in [3.8, 4) is 0 Å². The van der Waals surface area contributed by atoms with E-state index in [4.69, 9.17) is 11.6 Å². The maximum Gasteiger partial charge on any atom is 0.266 e. The van der Waals surface area contributed by atoms with Gasteiger partial charge in [0, 0.05) is 36.5 Å². The Hall–Kier alpha value is -1.56. The lowest BCUT2D eigenvalue weighted by atomic mass is 10.1. The first-order valence-electron chi connectivity index (χ1n) is 8.21. The Morgan fingerprint density at radius 2 is 2.04 bits per heavy atom. The Morgan fingerprint density at radius 3 is 2.64 bits per heavy atom. The van der Waals surface area contributed by atoms with Crippen LogP contribution in [0.15, 0.2) is 28.6 Å². The second kappa shape index (κ2) is 7.69. The number of anilines is 2. The molecule has 0 saturated heterocycles. The molecule has 1 fully saturated rings. The summed E-state index contributed by atoms with van der Waals surface area (Å²) in [6.07, 6.45) is 0.638.